The van der Waals surface area contributed by atoms with Crippen LogP contribution in [0, 0.1) is 0 Å². The van der Waals surface area contributed by atoms with Crippen molar-refractivity contribution >= 4 is 11.8 Å². The van der Waals surface area contributed by atoms with Crippen molar-refractivity contribution in [2.24, 2.45) is 5.73 Å². The molecule has 3 atom stereocenters. The first kappa shape index (κ1) is 14.9. The van der Waals surface area contributed by atoms with Crippen molar-refractivity contribution < 1.29 is 4.52 Å². The van der Waals surface area contributed by atoms with E-state index in [4.69, 9.17) is 10.3 Å². The van der Waals surface area contributed by atoms with Gasteiger partial charge in [-0.2, -0.15) is 16.7 Å². The van der Waals surface area contributed by atoms with E-state index in [1.807, 2.05) is 11.8 Å². The molecule has 0 amide bonds. The first-order valence-corrected chi connectivity index (χ1v) is 8.42. The van der Waals surface area contributed by atoms with Gasteiger partial charge in [-0.15, -0.1) is 0 Å². The van der Waals surface area contributed by atoms with Crippen LogP contribution in [0.3, 0.4) is 0 Å². The van der Waals surface area contributed by atoms with Gasteiger partial charge in [0.15, 0.2) is 5.82 Å². The lowest BCUT2D eigenvalue weighted by molar-refractivity contribution is 0.345. The molecule has 4 nitrogen and oxygen atoms in total. The van der Waals surface area contributed by atoms with Crippen molar-refractivity contribution in [2.45, 2.75) is 69.6 Å². The standard InChI is InChI=1S/C14H25N3OS/c1-10(6-5-7-11(2)15)14-16-13(17-18-14)12-8-3-4-9-19-12/h10-12H,3-9,15H2,1-2H3. The van der Waals surface area contributed by atoms with Crippen molar-refractivity contribution in [3.63, 3.8) is 0 Å². The average molecular weight is 283 g/mol. The Bertz CT molecular complexity index is 375. The summed E-state index contributed by atoms with van der Waals surface area (Å²) in [7, 11) is 0. The number of rotatable bonds is 6. The maximum absolute atomic E-state index is 5.76. The first-order valence-electron chi connectivity index (χ1n) is 7.37. The van der Waals surface area contributed by atoms with Crippen LogP contribution in [0.1, 0.15) is 75.3 Å². The Morgan fingerprint density at radius 2 is 2.21 bits per heavy atom. The van der Waals surface area contributed by atoms with E-state index in [9.17, 15) is 0 Å². The molecule has 2 rings (SSSR count). The van der Waals surface area contributed by atoms with Crippen LogP contribution in [-0.4, -0.2) is 21.9 Å². The van der Waals surface area contributed by atoms with Crippen LogP contribution in [0.25, 0.3) is 0 Å². The molecule has 0 aromatic carbocycles. The molecular formula is C14H25N3OS. The van der Waals surface area contributed by atoms with Crippen LogP contribution < -0.4 is 5.73 Å². The molecule has 0 bridgehead atoms. The minimum absolute atomic E-state index is 0.282. The van der Waals surface area contributed by atoms with Gasteiger partial charge in [0.25, 0.3) is 0 Å². The topological polar surface area (TPSA) is 64.9 Å². The molecule has 1 aromatic heterocycles. The van der Waals surface area contributed by atoms with Crippen molar-refractivity contribution in [1.82, 2.24) is 10.1 Å². The van der Waals surface area contributed by atoms with Crippen LogP contribution in [0.15, 0.2) is 4.52 Å². The van der Waals surface area contributed by atoms with E-state index >= 15 is 0 Å². The molecule has 1 saturated heterocycles. The Hall–Kier alpha value is -0.550. The lowest BCUT2D eigenvalue weighted by Gasteiger charge is -2.17. The van der Waals surface area contributed by atoms with Gasteiger partial charge >= 0.3 is 0 Å². The van der Waals surface area contributed by atoms with Crippen LogP contribution in [0.4, 0.5) is 0 Å². The van der Waals surface area contributed by atoms with E-state index in [0.717, 1.165) is 31.0 Å². The van der Waals surface area contributed by atoms with Crippen LogP contribution in [0.2, 0.25) is 0 Å². The summed E-state index contributed by atoms with van der Waals surface area (Å²) in [5.74, 6) is 3.26. The summed E-state index contributed by atoms with van der Waals surface area (Å²) in [5.41, 5.74) is 5.76. The van der Waals surface area contributed by atoms with Crippen molar-refractivity contribution in [2.75, 3.05) is 5.75 Å². The van der Waals surface area contributed by atoms with Gasteiger partial charge in [-0.1, -0.05) is 24.9 Å². The van der Waals surface area contributed by atoms with Crippen LogP contribution in [-0.2, 0) is 0 Å². The summed E-state index contributed by atoms with van der Waals surface area (Å²) < 4.78 is 5.43. The molecule has 108 valence electrons. The number of hydrogen-bond acceptors (Lipinski definition) is 5. The zero-order valence-electron chi connectivity index (χ0n) is 12.0. The van der Waals surface area contributed by atoms with Gasteiger partial charge in [0.2, 0.25) is 5.89 Å². The maximum Gasteiger partial charge on any atom is 0.229 e. The van der Waals surface area contributed by atoms with Gasteiger partial charge in [0, 0.05) is 12.0 Å². The largest absolute Gasteiger partial charge is 0.339 e. The minimum Gasteiger partial charge on any atom is -0.339 e. The van der Waals surface area contributed by atoms with Gasteiger partial charge in [-0.25, -0.2) is 0 Å². The molecule has 1 aliphatic heterocycles. The molecule has 0 spiro atoms. The Morgan fingerprint density at radius 1 is 1.37 bits per heavy atom. The molecule has 1 aliphatic rings. The molecular weight excluding hydrogens is 258 g/mol. The Kier molecular flexibility index (Phi) is 5.70. The van der Waals surface area contributed by atoms with E-state index < -0.39 is 0 Å². The number of aromatic nitrogens is 2. The highest BCUT2D eigenvalue weighted by molar-refractivity contribution is 7.99. The fourth-order valence-corrected chi connectivity index (χ4v) is 3.63. The molecule has 0 radical (unpaired) electrons. The van der Waals surface area contributed by atoms with E-state index in [1.54, 1.807) is 0 Å². The Balaban J connectivity index is 1.85. The third-order valence-electron chi connectivity index (χ3n) is 3.64. The predicted molar refractivity (Wildman–Crippen MR) is 79.3 cm³/mol. The number of nitrogens with zero attached hydrogens (tertiary/aromatic N) is 2. The summed E-state index contributed by atoms with van der Waals surface area (Å²) in [5, 5.41) is 4.62. The normalized spacial score (nSPS) is 23.2. The SMILES string of the molecule is CC(N)CCCC(C)c1nc(C2CCCCS2)no1. The van der Waals surface area contributed by atoms with Gasteiger partial charge in [-0.05, 0) is 38.4 Å². The second-order valence-electron chi connectivity index (χ2n) is 5.66. The summed E-state index contributed by atoms with van der Waals surface area (Å²) in [6, 6.07) is 0.282. The third kappa shape index (κ3) is 4.49. The summed E-state index contributed by atoms with van der Waals surface area (Å²) in [6.07, 6.45) is 7.03. The molecule has 0 aliphatic carbocycles. The van der Waals surface area contributed by atoms with Crippen LogP contribution >= 0.6 is 11.8 Å². The molecule has 0 saturated carbocycles. The number of nitrogens with two attached hydrogens (primary N) is 1. The molecule has 19 heavy (non-hydrogen) atoms. The molecule has 1 fully saturated rings. The highest BCUT2D eigenvalue weighted by Crippen LogP contribution is 2.37. The first-order chi connectivity index (χ1) is 9.16. The minimum atomic E-state index is 0.282. The molecule has 2 N–H and O–H groups in total. The quantitative estimate of drug-likeness (QED) is 0.863. The van der Waals surface area contributed by atoms with Crippen molar-refractivity contribution in [3.05, 3.63) is 11.7 Å². The number of hydrogen-bond donors (Lipinski definition) is 1. The maximum atomic E-state index is 5.76. The van der Waals surface area contributed by atoms with E-state index in [2.05, 4.69) is 24.0 Å². The second-order valence-corrected chi connectivity index (χ2v) is 6.97. The van der Waals surface area contributed by atoms with E-state index in [-0.39, 0.29) is 6.04 Å². The van der Waals surface area contributed by atoms with E-state index in [1.165, 1.54) is 25.0 Å². The highest BCUT2D eigenvalue weighted by atomic mass is 32.2. The zero-order chi connectivity index (χ0) is 13.7. The summed E-state index contributed by atoms with van der Waals surface area (Å²) >= 11 is 1.96. The van der Waals surface area contributed by atoms with Gasteiger partial charge < -0.3 is 10.3 Å². The lowest BCUT2D eigenvalue weighted by Crippen LogP contribution is -2.14. The average Bonchev–Trinajstić information content (AvgIpc) is 2.89. The van der Waals surface area contributed by atoms with Crippen molar-refractivity contribution in [3.8, 4) is 0 Å². The summed E-state index contributed by atoms with van der Waals surface area (Å²) in [6.45, 7) is 4.21. The molecule has 1 aromatic rings. The smallest absolute Gasteiger partial charge is 0.229 e. The molecule has 5 heteroatoms. The fraction of sp³-hybridized carbons (Fsp3) is 0.857. The monoisotopic (exact) mass is 283 g/mol. The zero-order valence-corrected chi connectivity index (χ0v) is 12.8. The van der Waals surface area contributed by atoms with Gasteiger partial charge in [-0.3, -0.25) is 0 Å². The van der Waals surface area contributed by atoms with E-state index in [0.29, 0.717) is 11.2 Å². The van der Waals surface area contributed by atoms with Crippen molar-refractivity contribution in [1.29, 1.82) is 0 Å². The third-order valence-corrected chi connectivity index (χ3v) is 5.02. The summed E-state index contributed by atoms with van der Waals surface area (Å²) in [4.78, 5) is 4.60. The lowest BCUT2D eigenvalue weighted by atomic mass is 10.0. The van der Waals surface area contributed by atoms with Gasteiger partial charge in [0.05, 0.1) is 5.25 Å². The Labute approximate surface area is 119 Å². The predicted octanol–water partition coefficient (Wildman–Crippen LogP) is 3.65. The van der Waals surface area contributed by atoms with Gasteiger partial charge in [0.1, 0.15) is 0 Å². The van der Waals surface area contributed by atoms with Crippen LogP contribution in [0.5, 0.6) is 0 Å². The Morgan fingerprint density at radius 3 is 2.89 bits per heavy atom. The second kappa shape index (κ2) is 7.29. The number of thioether (sulfide) groups is 1. The fourth-order valence-electron chi connectivity index (χ4n) is 2.39. The molecule has 3 unspecified atom stereocenters. The molecule has 2 heterocycles. The highest BCUT2D eigenvalue weighted by Gasteiger charge is 2.23.